The molecule has 1 heterocycles. The van der Waals surface area contributed by atoms with E-state index in [0.717, 1.165) is 29.7 Å². The number of carbonyl (C=O) groups excluding carboxylic acids is 2. The van der Waals surface area contributed by atoms with Crippen molar-refractivity contribution in [3.8, 4) is 0 Å². The maximum Gasteiger partial charge on any atom is 0.236 e. The van der Waals surface area contributed by atoms with Crippen molar-refractivity contribution in [2.24, 2.45) is 0 Å². The van der Waals surface area contributed by atoms with Crippen LogP contribution in [0.15, 0.2) is 42.5 Å². The molecule has 1 aliphatic heterocycles. The predicted octanol–water partition coefficient (Wildman–Crippen LogP) is 3.96. The van der Waals surface area contributed by atoms with Crippen molar-refractivity contribution >= 4 is 34.8 Å². The number of fused-ring (bicyclic) bond motifs is 1. The molecule has 3 rings (SSSR count). The number of halogens is 1. The SMILES string of the molecule is Cc1ccc(Cl)cc1NC(=O)CC(=O)N1CCCc2ccccc21. The van der Waals surface area contributed by atoms with E-state index < -0.39 is 0 Å². The first-order valence-electron chi connectivity index (χ1n) is 7.99. The molecule has 1 N–H and O–H groups in total. The highest BCUT2D eigenvalue weighted by molar-refractivity contribution is 6.31. The molecule has 0 aromatic heterocycles. The van der Waals surface area contributed by atoms with Crippen molar-refractivity contribution < 1.29 is 9.59 Å². The van der Waals surface area contributed by atoms with Gasteiger partial charge < -0.3 is 10.2 Å². The van der Waals surface area contributed by atoms with Gasteiger partial charge in [0, 0.05) is 22.9 Å². The Balaban J connectivity index is 1.69. The summed E-state index contributed by atoms with van der Waals surface area (Å²) in [6, 6.07) is 13.1. The molecule has 4 nitrogen and oxygen atoms in total. The van der Waals surface area contributed by atoms with E-state index in [0.29, 0.717) is 17.3 Å². The van der Waals surface area contributed by atoms with Crippen molar-refractivity contribution in [2.45, 2.75) is 26.2 Å². The van der Waals surface area contributed by atoms with Gasteiger partial charge in [0.25, 0.3) is 0 Å². The molecule has 1 aliphatic rings. The molecule has 2 aromatic rings. The zero-order valence-electron chi connectivity index (χ0n) is 13.5. The van der Waals surface area contributed by atoms with E-state index in [4.69, 9.17) is 11.6 Å². The van der Waals surface area contributed by atoms with Crippen LogP contribution in [0.25, 0.3) is 0 Å². The van der Waals surface area contributed by atoms with Gasteiger partial charge >= 0.3 is 0 Å². The van der Waals surface area contributed by atoms with Gasteiger partial charge in [-0.3, -0.25) is 9.59 Å². The van der Waals surface area contributed by atoms with Crippen LogP contribution in [0.5, 0.6) is 0 Å². The van der Waals surface area contributed by atoms with E-state index in [-0.39, 0.29) is 18.2 Å². The van der Waals surface area contributed by atoms with Gasteiger partial charge in [-0.05, 0) is 49.1 Å². The van der Waals surface area contributed by atoms with Crippen LogP contribution in [0, 0.1) is 6.92 Å². The summed E-state index contributed by atoms with van der Waals surface area (Å²) in [4.78, 5) is 26.5. The first-order chi connectivity index (χ1) is 11.5. The molecule has 124 valence electrons. The Kier molecular flexibility index (Phi) is 4.86. The Bertz CT molecular complexity index is 789. The second kappa shape index (κ2) is 7.05. The summed E-state index contributed by atoms with van der Waals surface area (Å²) < 4.78 is 0. The molecule has 0 unspecified atom stereocenters. The zero-order chi connectivity index (χ0) is 17.1. The van der Waals surface area contributed by atoms with Gasteiger partial charge in [-0.15, -0.1) is 0 Å². The molecule has 0 aliphatic carbocycles. The van der Waals surface area contributed by atoms with Crippen molar-refractivity contribution in [3.63, 3.8) is 0 Å². The van der Waals surface area contributed by atoms with Crippen molar-refractivity contribution in [2.75, 3.05) is 16.8 Å². The third-order valence-corrected chi connectivity index (χ3v) is 4.43. The Labute approximate surface area is 146 Å². The largest absolute Gasteiger partial charge is 0.325 e. The normalized spacial score (nSPS) is 13.3. The third kappa shape index (κ3) is 3.60. The van der Waals surface area contributed by atoms with Gasteiger partial charge in [-0.1, -0.05) is 35.9 Å². The van der Waals surface area contributed by atoms with Crippen LogP contribution in [0.4, 0.5) is 11.4 Å². The molecule has 5 heteroatoms. The van der Waals surface area contributed by atoms with Gasteiger partial charge in [0.15, 0.2) is 0 Å². The number of carbonyl (C=O) groups is 2. The topological polar surface area (TPSA) is 49.4 Å². The highest BCUT2D eigenvalue weighted by Gasteiger charge is 2.24. The first-order valence-corrected chi connectivity index (χ1v) is 8.36. The van der Waals surface area contributed by atoms with Gasteiger partial charge in [-0.25, -0.2) is 0 Å². The number of nitrogens with zero attached hydrogens (tertiary/aromatic N) is 1. The van der Waals surface area contributed by atoms with Crippen LogP contribution in [0.2, 0.25) is 5.02 Å². The van der Waals surface area contributed by atoms with Crippen LogP contribution < -0.4 is 10.2 Å². The number of rotatable bonds is 3. The summed E-state index contributed by atoms with van der Waals surface area (Å²) in [6.45, 7) is 2.54. The predicted molar refractivity (Wildman–Crippen MR) is 96.6 cm³/mol. The monoisotopic (exact) mass is 342 g/mol. The number of hydrogen-bond acceptors (Lipinski definition) is 2. The molecule has 0 saturated carbocycles. The van der Waals surface area contributed by atoms with E-state index in [1.165, 1.54) is 0 Å². The fourth-order valence-corrected chi connectivity index (χ4v) is 3.12. The van der Waals surface area contributed by atoms with E-state index in [9.17, 15) is 9.59 Å². The lowest BCUT2D eigenvalue weighted by Gasteiger charge is -2.29. The lowest BCUT2D eigenvalue weighted by molar-refractivity contribution is -0.125. The van der Waals surface area contributed by atoms with E-state index in [1.54, 1.807) is 17.0 Å². The summed E-state index contributed by atoms with van der Waals surface area (Å²) in [5.74, 6) is -0.507. The Hall–Kier alpha value is -2.33. The minimum Gasteiger partial charge on any atom is -0.325 e. The average molecular weight is 343 g/mol. The Morgan fingerprint density at radius 3 is 2.83 bits per heavy atom. The summed E-state index contributed by atoms with van der Waals surface area (Å²) >= 11 is 5.96. The number of hydrogen-bond donors (Lipinski definition) is 1. The van der Waals surface area contributed by atoms with Crippen molar-refractivity contribution in [1.29, 1.82) is 0 Å². The fourth-order valence-electron chi connectivity index (χ4n) is 2.95. The number of anilines is 2. The quantitative estimate of drug-likeness (QED) is 0.858. The third-order valence-electron chi connectivity index (χ3n) is 4.20. The van der Waals surface area contributed by atoms with Gasteiger partial charge in [0.2, 0.25) is 11.8 Å². The number of para-hydroxylation sites is 1. The molecule has 2 aromatic carbocycles. The fraction of sp³-hybridized carbons (Fsp3) is 0.263. The Morgan fingerprint density at radius 2 is 2.00 bits per heavy atom. The van der Waals surface area contributed by atoms with Crippen LogP contribution in [-0.2, 0) is 16.0 Å². The zero-order valence-corrected chi connectivity index (χ0v) is 14.3. The van der Waals surface area contributed by atoms with Crippen LogP contribution in [-0.4, -0.2) is 18.4 Å². The Morgan fingerprint density at radius 1 is 1.21 bits per heavy atom. The minimum atomic E-state index is -0.326. The number of benzene rings is 2. The van der Waals surface area contributed by atoms with Crippen LogP contribution in [0.3, 0.4) is 0 Å². The standard InChI is InChI=1S/C19H19ClN2O2/c1-13-8-9-15(20)11-16(13)21-18(23)12-19(24)22-10-4-6-14-5-2-3-7-17(14)22/h2-3,5,7-9,11H,4,6,10,12H2,1H3,(H,21,23). The molecule has 0 spiro atoms. The van der Waals surface area contributed by atoms with E-state index >= 15 is 0 Å². The first kappa shape index (κ1) is 16.5. The second-order valence-electron chi connectivity index (χ2n) is 5.96. The molecule has 0 saturated heterocycles. The van der Waals surface area contributed by atoms with E-state index in [1.807, 2.05) is 37.3 Å². The highest BCUT2D eigenvalue weighted by atomic mass is 35.5. The summed E-state index contributed by atoms with van der Waals surface area (Å²) in [6.07, 6.45) is 1.70. The molecule has 24 heavy (non-hydrogen) atoms. The van der Waals surface area contributed by atoms with Crippen molar-refractivity contribution in [3.05, 3.63) is 58.6 Å². The molecule has 0 fully saturated rings. The highest BCUT2D eigenvalue weighted by Crippen LogP contribution is 2.27. The molecule has 0 atom stereocenters. The average Bonchev–Trinajstić information content (AvgIpc) is 2.57. The number of aryl methyl sites for hydroxylation is 2. The summed E-state index contributed by atoms with van der Waals surface area (Å²) in [7, 11) is 0. The van der Waals surface area contributed by atoms with E-state index in [2.05, 4.69) is 5.32 Å². The smallest absolute Gasteiger partial charge is 0.236 e. The molecular weight excluding hydrogens is 324 g/mol. The maximum absolute atomic E-state index is 12.6. The van der Waals surface area contributed by atoms with Gasteiger partial charge in [-0.2, -0.15) is 0 Å². The van der Waals surface area contributed by atoms with Gasteiger partial charge in [0.05, 0.1) is 0 Å². The van der Waals surface area contributed by atoms with Crippen LogP contribution in [0.1, 0.15) is 24.0 Å². The molecule has 0 radical (unpaired) electrons. The number of amides is 2. The molecular formula is C19H19ClN2O2. The minimum absolute atomic E-state index is 0.180. The van der Waals surface area contributed by atoms with Crippen molar-refractivity contribution in [1.82, 2.24) is 0 Å². The van der Waals surface area contributed by atoms with Crippen LogP contribution >= 0.6 is 11.6 Å². The maximum atomic E-state index is 12.6. The number of nitrogens with one attached hydrogen (secondary N) is 1. The molecule has 2 amide bonds. The summed E-state index contributed by atoms with van der Waals surface area (Å²) in [5, 5.41) is 3.32. The lowest BCUT2D eigenvalue weighted by Crippen LogP contribution is -2.37. The second-order valence-corrected chi connectivity index (χ2v) is 6.40. The van der Waals surface area contributed by atoms with Gasteiger partial charge in [0.1, 0.15) is 6.42 Å². The molecule has 0 bridgehead atoms. The summed E-state index contributed by atoms with van der Waals surface area (Å²) in [5.41, 5.74) is 3.62. The lowest BCUT2D eigenvalue weighted by atomic mass is 10.0.